The fourth-order valence-electron chi connectivity index (χ4n) is 2.77. The van der Waals surface area contributed by atoms with Crippen molar-refractivity contribution in [2.75, 3.05) is 23.4 Å². The number of benzene rings is 1. The highest BCUT2D eigenvalue weighted by atomic mass is 79.9. The lowest BCUT2D eigenvalue weighted by Crippen LogP contribution is -2.32. The van der Waals surface area contributed by atoms with Crippen LogP contribution in [0.4, 0.5) is 11.6 Å². The van der Waals surface area contributed by atoms with Crippen molar-refractivity contribution >= 4 is 27.6 Å². The summed E-state index contributed by atoms with van der Waals surface area (Å²) in [6, 6.07) is 10.3. The van der Waals surface area contributed by atoms with Crippen molar-refractivity contribution in [1.82, 2.24) is 9.97 Å². The van der Waals surface area contributed by atoms with Gasteiger partial charge in [0.2, 0.25) is 0 Å². The molecule has 0 saturated carbocycles. The van der Waals surface area contributed by atoms with E-state index < -0.39 is 0 Å². The summed E-state index contributed by atoms with van der Waals surface area (Å²) in [6.07, 6.45) is 3.68. The molecule has 1 aromatic carbocycles. The standard InChI is InChI=1S/C16H19BrN4O/c17-13-4-1-3-12(7-13)9-18-15-8-16(20-11-19-15)21-6-2-5-14(21)10-22/h1,3-4,7-8,11,14,22H,2,5-6,9-10H2,(H,18,19,20). The van der Waals surface area contributed by atoms with Crippen molar-refractivity contribution in [3.8, 4) is 0 Å². The highest BCUT2D eigenvalue weighted by molar-refractivity contribution is 9.10. The van der Waals surface area contributed by atoms with Crippen molar-refractivity contribution in [2.45, 2.75) is 25.4 Å². The first-order valence-corrected chi connectivity index (χ1v) is 8.23. The van der Waals surface area contributed by atoms with Crippen molar-refractivity contribution in [1.29, 1.82) is 0 Å². The zero-order chi connectivity index (χ0) is 15.4. The van der Waals surface area contributed by atoms with E-state index in [1.807, 2.05) is 18.2 Å². The number of aliphatic hydroxyl groups excluding tert-OH is 1. The number of nitrogens with zero attached hydrogens (tertiary/aromatic N) is 3. The van der Waals surface area contributed by atoms with Gasteiger partial charge in [0, 0.05) is 23.6 Å². The summed E-state index contributed by atoms with van der Waals surface area (Å²) in [6.45, 7) is 1.82. The summed E-state index contributed by atoms with van der Waals surface area (Å²) in [5, 5.41) is 12.8. The molecule has 0 aliphatic carbocycles. The summed E-state index contributed by atoms with van der Waals surface area (Å²) < 4.78 is 1.07. The third-order valence-electron chi connectivity index (χ3n) is 3.90. The van der Waals surface area contributed by atoms with Crippen molar-refractivity contribution < 1.29 is 5.11 Å². The molecule has 6 heteroatoms. The SMILES string of the molecule is OCC1CCCN1c1cc(NCc2cccc(Br)c2)ncn1. The Labute approximate surface area is 138 Å². The first-order chi connectivity index (χ1) is 10.8. The predicted octanol–water partition coefficient (Wildman–Crippen LogP) is 2.81. The minimum atomic E-state index is 0.171. The molecule has 22 heavy (non-hydrogen) atoms. The topological polar surface area (TPSA) is 61.3 Å². The van der Waals surface area contributed by atoms with E-state index >= 15 is 0 Å². The van der Waals surface area contributed by atoms with Gasteiger partial charge < -0.3 is 15.3 Å². The van der Waals surface area contributed by atoms with Gasteiger partial charge in [0.05, 0.1) is 12.6 Å². The van der Waals surface area contributed by atoms with E-state index in [1.54, 1.807) is 6.33 Å². The van der Waals surface area contributed by atoms with Gasteiger partial charge in [-0.3, -0.25) is 0 Å². The Morgan fingerprint density at radius 2 is 2.23 bits per heavy atom. The molecule has 1 atom stereocenters. The lowest BCUT2D eigenvalue weighted by molar-refractivity contribution is 0.266. The number of aliphatic hydroxyl groups is 1. The fraction of sp³-hybridized carbons (Fsp3) is 0.375. The molecule has 116 valence electrons. The van der Waals surface area contributed by atoms with E-state index in [4.69, 9.17) is 0 Å². The lowest BCUT2D eigenvalue weighted by atomic mass is 10.2. The molecule has 1 aliphatic rings. The Morgan fingerprint density at radius 3 is 3.05 bits per heavy atom. The van der Waals surface area contributed by atoms with Crippen molar-refractivity contribution in [2.24, 2.45) is 0 Å². The summed E-state index contributed by atoms with van der Waals surface area (Å²) in [5.41, 5.74) is 1.18. The molecule has 1 unspecified atom stereocenters. The van der Waals surface area contributed by atoms with Crippen LogP contribution >= 0.6 is 15.9 Å². The van der Waals surface area contributed by atoms with Crippen LogP contribution in [0.15, 0.2) is 41.1 Å². The van der Waals surface area contributed by atoms with Gasteiger partial charge in [0.25, 0.3) is 0 Å². The maximum Gasteiger partial charge on any atom is 0.134 e. The summed E-state index contributed by atoms with van der Waals surface area (Å²) in [5.74, 6) is 1.68. The van der Waals surface area contributed by atoms with Gasteiger partial charge in [-0.25, -0.2) is 9.97 Å². The van der Waals surface area contributed by atoms with Crippen LogP contribution in [0.1, 0.15) is 18.4 Å². The highest BCUT2D eigenvalue weighted by Crippen LogP contribution is 2.24. The van der Waals surface area contributed by atoms with Crippen LogP contribution in [0.3, 0.4) is 0 Å². The largest absolute Gasteiger partial charge is 0.394 e. The zero-order valence-electron chi connectivity index (χ0n) is 12.2. The van der Waals surface area contributed by atoms with Gasteiger partial charge in [-0.15, -0.1) is 0 Å². The maximum atomic E-state index is 9.44. The van der Waals surface area contributed by atoms with E-state index in [2.05, 4.69) is 48.2 Å². The average molecular weight is 363 g/mol. The first-order valence-electron chi connectivity index (χ1n) is 7.44. The van der Waals surface area contributed by atoms with Gasteiger partial charge in [0.1, 0.15) is 18.0 Å². The van der Waals surface area contributed by atoms with Gasteiger partial charge in [0.15, 0.2) is 0 Å². The van der Waals surface area contributed by atoms with Gasteiger partial charge in [-0.1, -0.05) is 28.1 Å². The maximum absolute atomic E-state index is 9.44. The van der Waals surface area contributed by atoms with Gasteiger partial charge in [-0.05, 0) is 30.5 Å². The van der Waals surface area contributed by atoms with Crippen LogP contribution in [-0.2, 0) is 6.54 Å². The molecule has 1 saturated heterocycles. The number of anilines is 2. The molecule has 5 nitrogen and oxygen atoms in total. The molecular formula is C16H19BrN4O. The second-order valence-corrected chi connectivity index (χ2v) is 6.33. The van der Waals surface area contributed by atoms with Gasteiger partial charge >= 0.3 is 0 Å². The number of halogens is 1. The minimum Gasteiger partial charge on any atom is -0.394 e. The van der Waals surface area contributed by atoms with E-state index in [-0.39, 0.29) is 12.6 Å². The highest BCUT2D eigenvalue weighted by Gasteiger charge is 2.25. The monoisotopic (exact) mass is 362 g/mol. The molecule has 3 rings (SSSR count). The summed E-state index contributed by atoms with van der Waals surface area (Å²) in [7, 11) is 0. The number of aromatic nitrogens is 2. The lowest BCUT2D eigenvalue weighted by Gasteiger charge is -2.24. The Bertz CT molecular complexity index is 637. The van der Waals surface area contributed by atoms with Crippen LogP contribution in [0.25, 0.3) is 0 Å². The predicted molar refractivity (Wildman–Crippen MR) is 91.0 cm³/mol. The van der Waals surface area contributed by atoms with Crippen LogP contribution in [0.2, 0.25) is 0 Å². The Balaban J connectivity index is 1.69. The van der Waals surface area contributed by atoms with Gasteiger partial charge in [-0.2, -0.15) is 0 Å². The van der Waals surface area contributed by atoms with E-state index in [0.29, 0.717) is 6.54 Å². The number of nitrogens with one attached hydrogen (secondary N) is 1. The molecule has 1 fully saturated rings. The normalized spacial score (nSPS) is 17.7. The second kappa shape index (κ2) is 7.07. The smallest absolute Gasteiger partial charge is 0.134 e. The van der Waals surface area contributed by atoms with Crippen molar-refractivity contribution in [3.63, 3.8) is 0 Å². The molecule has 0 radical (unpaired) electrons. The molecule has 2 N–H and O–H groups in total. The molecule has 2 heterocycles. The molecular weight excluding hydrogens is 344 g/mol. The zero-order valence-corrected chi connectivity index (χ0v) is 13.8. The van der Waals surface area contributed by atoms with E-state index in [0.717, 1.165) is 35.5 Å². The fourth-order valence-corrected chi connectivity index (χ4v) is 3.21. The van der Waals surface area contributed by atoms with E-state index in [1.165, 1.54) is 5.56 Å². The van der Waals surface area contributed by atoms with E-state index in [9.17, 15) is 5.11 Å². The second-order valence-electron chi connectivity index (χ2n) is 5.42. The van der Waals surface area contributed by atoms with Crippen molar-refractivity contribution in [3.05, 3.63) is 46.7 Å². The van der Waals surface area contributed by atoms with Crippen LogP contribution in [0.5, 0.6) is 0 Å². The quantitative estimate of drug-likeness (QED) is 0.856. The molecule has 2 aromatic rings. The molecule has 1 aromatic heterocycles. The minimum absolute atomic E-state index is 0.171. The average Bonchev–Trinajstić information content (AvgIpc) is 3.02. The van der Waals surface area contributed by atoms with Crippen LogP contribution in [0, 0.1) is 0 Å². The summed E-state index contributed by atoms with van der Waals surface area (Å²) >= 11 is 3.48. The summed E-state index contributed by atoms with van der Waals surface area (Å²) in [4.78, 5) is 10.8. The first kappa shape index (κ1) is 15.2. The number of rotatable bonds is 5. The third kappa shape index (κ3) is 3.56. The molecule has 0 amide bonds. The Morgan fingerprint density at radius 1 is 1.32 bits per heavy atom. The Kier molecular flexibility index (Phi) is 4.90. The number of hydrogen-bond donors (Lipinski definition) is 2. The third-order valence-corrected chi connectivity index (χ3v) is 4.39. The molecule has 0 bridgehead atoms. The van der Waals surface area contributed by atoms with Crippen LogP contribution in [-0.4, -0.2) is 34.3 Å². The van der Waals surface area contributed by atoms with Crippen LogP contribution < -0.4 is 10.2 Å². The number of hydrogen-bond acceptors (Lipinski definition) is 5. The molecule has 0 spiro atoms. The Hall–Kier alpha value is -1.66. The molecule has 1 aliphatic heterocycles.